The minimum Gasteiger partial charge on any atom is -0.490 e. The third-order valence-electron chi connectivity index (χ3n) is 1.24. The number of hydrogen-bond acceptors (Lipinski definition) is 2. The van der Waals surface area contributed by atoms with Crippen molar-refractivity contribution in [2.75, 3.05) is 13.2 Å². The number of aliphatic hydroxyl groups excluding tert-OH is 1. The summed E-state index contributed by atoms with van der Waals surface area (Å²) in [7, 11) is 0. The summed E-state index contributed by atoms with van der Waals surface area (Å²) in [6, 6.07) is 5.32. The molecule has 2 nitrogen and oxygen atoms in total. The first-order valence-corrected chi connectivity index (χ1v) is 5.60. The van der Waals surface area contributed by atoms with Crippen LogP contribution < -0.4 is 4.74 Å². The lowest BCUT2D eigenvalue weighted by Crippen LogP contribution is -2.01. The van der Waals surface area contributed by atoms with Crippen LogP contribution in [0.25, 0.3) is 0 Å². The van der Waals surface area contributed by atoms with Gasteiger partial charge in [-0.15, -0.1) is 0 Å². The molecule has 0 saturated heterocycles. The number of ether oxygens (including phenoxy) is 1. The van der Waals surface area contributed by atoms with Crippen molar-refractivity contribution in [1.82, 2.24) is 0 Å². The SMILES string of the molecule is CC.OCCOc1cc(Br)ccc1Cl. The standard InChI is InChI=1S/C8H8BrClO2.C2H6/c9-6-1-2-7(10)8(5-6)12-4-3-11;1-2/h1-2,5,11H,3-4H2;1-2H3. The van der Waals surface area contributed by atoms with E-state index in [2.05, 4.69) is 15.9 Å². The van der Waals surface area contributed by atoms with Gasteiger partial charge in [0.15, 0.2) is 0 Å². The Morgan fingerprint density at radius 1 is 1.43 bits per heavy atom. The average molecular weight is 282 g/mol. The molecular formula is C10H14BrClO2. The largest absolute Gasteiger partial charge is 0.490 e. The predicted octanol–water partition coefficient (Wildman–Crippen LogP) is 3.50. The van der Waals surface area contributed by atoms with Gasteiger partial charge in [-0.05, 0) is 18.2 Å². The maximum Gasteiger partial charge on any atom is 0.139 e. The first-order chi connectivity index (χ1) is 6.74. The van der Waals surface area contributed by atoms with Crippen molar-refractivity contribution in [1.29, 1.82) is 0 Å². The highest BCUT2D eigenvalue weighted by Gasteiger charge is 2.00. The molecule has 0 aromatic heterocycles. The summed E-state index contributed by atoms with van der Waals surface area (Å²) in [5.74, 6) is 0.583. The minimum atomic E-state index is -0.0111. The lowest BCUT2D eigenvalue weighted by atomic mass is 10.3. The van der Waals surface area contributed by atoms with Gasteiger partial charge in [-0.2, -0.15) is 0 Å². The molecule has 80 valence electrons. The molecule has 0 radical (unpaired) electrons. The van der Waals surface area contributed by atoms with Gasteiger partial charge in [0, 0.05) is 4.47 Å². The molecule has 0 bridgehead atoms. The monoisotopic (exact) mass is 280 g/mol. The van der Waals surface area contributed by atoms with Crippen molar-refractivity contribution >= 4 is 27.5 Å². The molecule has 0 aliphatic rings. The van der Waals surface area contributed by atoms with E-state index in [9.17, 15) is 0 Å². The van der Waals surface area contributed by atoms with Gasteiger partial charge >= 0.3 is 0 Å². The van der Waals surface area contributed by atoms with E-state index in [1.165, 1.54) is 0 Å². The molecule has 0 aliphatic carbocycles. The van der Waals surface area contributed by atoms with E-state index >= 15 is 0 Å². The number of rotatable bonds is 3. The number of benzene rings is 1. The summed E-state index contributed by atoms with van der Waals surface area (Å²) in [6.45, 7) is 4.25. The Morgan fingerprint density at radius 2 is 2.07 bits per heavy atom. The molecule has 0 unspecified atom stereocenters. The molecule has 1 aromatic rings. The van der Waals surface area contributed by atoms with Gasteiger partial charge in [0.1, 0.15) is 12.4 Å². The molecule has 0 saturated carbocycles. The second-order valence-corrected chi connectivity index (χ2v) is 3.47. The maximum absolute atomic E-state index is 8.51. The third kappa shape index (κ3) is 4.84. The first-order valence-electron chi connectivity index (χ1n) is 4.43. The molecular weight excluding hydrogens is 267 g/mol. The first kappa shape index (κ1) is 13.8. The second kappa shape index (κ2) is 8.09. The molecule has 1 rings (SSSR count). The lowest BCUT2D eigenvalue weighted by Gasteiger charge is -2.05. The van der Waals surface area contributed by atoms with Gasteiger partial charge in [-0.1, -0.05) is 41.4 Å². The Morgan fingerprint density at radius 3 is 2.64 bits per heavy atom. The zero-order valence-electron chi connectivity index (χ0n) is 8.26. The van der Waals surface area contributed by atoms with Crippen LogP contribution in [0.4, 0.5) is 0 Å². The summed E-state index contributed by atoms with van der Waals surface area (Å²) in [4.78, 5) is 0. The van der Waals surface area contributed by atoms with E-state index in [-0.39, 0.29) is 13.2 Å². The van der Waals surface area contributed by atoms with Crippen LogP contribution in [0, 0.1) is 0 Å². The van der Waals surface area contributed by atoms with E-state index in [0.29, 0.717) is 10.8 Å². The molecule has 14 heavy (non-hydrogen) atoms. The van der Waals surface area contributed by atoms with Crippen molar-refractivity contribution in [3.05, 3.63) is 27.7 Å². The number of aliphatic hydroxyl groups is 1. The van der Waals surface area contributed by atoms with E-state index in [4.69, 9.17) is 21.4 Å². The fourth-order valence-electron chi connectivity index (χ4n) is 0.743. The van der Waals surface area contributed by atoms with Crippen molar-refractivity contribution in [2.45, 2.75) is 13.8 Å². The van der Waals surface area contributed by atoms with Gasteiger partial charge in [0.2, 0.25) is 0 Å². The Balaban J connectivity index is 0.000000791. The summed E-state index contributed by atoms with van der Waals surface area (Å²) in [5, 5.41) is 9.06. The Labute approximate surface area is 98.0 Å². The normalized spacial score (nSPS) is 8.93. The van der Waals surface area contributed by atoms with E-state index in [0.717, 1.165) is 4.47 Å². The molecule has 0 aliphatic heterocycles. The Bertz CT molecular complexity index is 266. The summed E-state index contributed by atoms with van der Waals surface area (Å²) >= 11 is 9.09. The van der Waals surface area contributed by atoms with Gasteiger partial charge < -0.3 is 9.84 Å². The highest BCUT2D eigenvalue weighted by molar-refractivity contribution is 9.10. The van der Waals surface area contributed by atoms with Crippen LogP contribution in [0.3, 0.4) is 0 Å². The number of halogens is 2. The molecule has 0 spiro atoms. The van der Waals surface area contributed by atoms with Crippen LogP contribution in [-0.2, 0) is 0 Å². The fourth-order valence-corrected chi connectivity index (χ4v) is 1.26. The fraction of sp³-hybridized carbons (Fsp3) is 0.400. The van der Waals surface area contributed by atoms with Gasteiger partial charge in [-0.3, -0.25) is 0 Å². The zero-order valence-corrected chi connectivity index (χ0v) is 10.6. The molecule has 0 fully saturated rings. The lowest BCUT2D eigenvalue weighted by molar-refractivity contribution is 0.201. The van der Waals surface area contributed by atoms with Crippen LogP contribution in [0.15, 0.2) is 22.7 Å². The maximum atomic E-state index is 8.51. The minimum absolute atomic E-state index is 0.0111. The molecule has 0 atom stereocenters. The topological polar surface area (TPSA) is 29.5 Å². The van der Waals surface area contributed by atoms with Crippen molar-refractivity contribution < 1.29 is 9.84 Å². The van der Waals surface area contributed by atoms with Gasteiger partial charge in [0.05, 0.1) is 11.6 Å². The van der Waals surface area contributed by atoms with Gasteiger partial charge in [0.25, 0.3) is 0 Å². The van der Waals surface area contributed by atoms with Crippen molar-refractivity contribution in [2.24, 2.45) is 0 Å². The van der Waals surface area contributed by atoms with Gasteiger partial charge in [-0.25, -0.2) is 0 Å². The molecule has 1 N–H and O–H groups in total. The molecule has 4 heteroatoms. The van der Waals surface area contributed by atoms with Crippen LogP contribution in [0.1, 0.15) is 13.8 Å². The zero-order chi connectivity index (χ0) is 11.0. The van der Waals surface area contributed by atoms with E-state index < -0.39 is 0 Å². The summed E-state index contributed by atoms with van der Waals surface area (Å²) in [6.07, 6.45) is 0. The van der Waals surface area contributed by atoms with Crippen LogP contribution >= 0.6 is 27.5 Å². The Kier molecular flexibility index (Phi) is 7.95. The smallest absolute Gasteiger partial charge is 0.139 e. The van der Waals surface area contributed by atoms with Crippen LogP contribution in [0.5, 0.6) is 5.75 Å². The van der Waals surface area contributed by atoms with E-state index in [1.807, 2.05) is 19.9 Å². The number of hydrogen-bond donors (Lipinski definition) is 1. The molecule has 0 heterocycles. The van der Waals surface area contributed by atoms with Crippen LogP contribution in [0.2, 0.25) is 5.02 Å². The van der Waals surface area contributed by atoms with E-state index in [1.54, 1.807) is 12.1 Å². The van der Waals surface area contributed by atoms with Crippen molar-refractivity contribution in [3.8, 4) is 5.75 Å². The molecule has 1 aromatic carbocycles. The quantitative estimate of drug-likeness (QED) is 0.919. The Hall–Kier alpha value is -0.250. The van der Waals surface area contributed by atoms with Crippen molar-refractivity contribution in [3.63, 3.8) is 0 Å². The second-order valence-electron chi connectivity index (χ2n) is 2.15. The molecule has 0 amide bonds. The highest BCUT2D eigenvalue weighted by atomic mass is 79.9. The predicted molar refractivity (Wildman–Crippen MR) is 63.1 cm³/mol. The average Bonchev–Trinajstić information content (AvgIpc) is 2.22. The third-order valence-corrected chi connectivity index (χ3v) is 2.05. The van der Waals surface area contributed by atoms with Crippen LogP contribution in [-0.4, -0.2) is 18.3 Å². The summed E-state index contributed by atoms with van der Waals surface area (Å²) < 4.78 is 6.06. The summed E-state index contributed by atoms with van der Waals surface area (Å²) in [5.41, 5.74) is 0. The highest BCUT2D eigenvalue weighted by Crippen LogP contribution is 2.27.